The molecule has 1 saturated carbocycles. The molecule has 2 heterocycles. The predicted octanol–water partition coefficient (Wildman–Crippen LogP) is 0.995. The first-order valence-corrected chi connectivity index (χ1v) is 5.29. The van der Waals surface area contributed by atoms with Crippen LogP contribution in [0.2, 0.25) is 0 Å². The van der Waals surface area contributed by atoms with E-state index < -0.39 is 0 Å². The van der Waals surface area contributed by atoms with E-state index in [9.17, 15) is 0 Å². The first-order chi connectivity index (χ1) is 6.88. The summed E-state index contributed by atoms with van der Waals surface area (Å²) in [6, 6.07) is 3.94. The Morgan fingerprint density at radius 3 is 2.71 bits per heavy atom. The second-order valence-electron chi connectivity index (χ2n) is 4.11. The fourth-order valence-corrected chi connectivity index (χ4v) is 2.35. The molecule has 0 saturated heterocycles. The lowest BCUT2D eigenvalue weighted by Gasteiger charge is -2.26. The van der Waals surface area contributed by atoms with Gasteiger partial charge in [0.2, 0.25) is 0 Å². The molecule has 3 nitrogen and oxygen atoms in total. The van der Waals surface area contributed by atoms with Crippen LogP contribution in [0.3, 0.4) is 0 Å². The molecule has 1 aromatic rings. The van der Waals surface area contributed by atoms with Crippen LogP contribution in [0.4, 0.5) is 0 Å². The highest BCUT2D eigenvalue weighted by Gasteiger charge is 2.32. The van der Waals surface area contributed by atoms with Gasteiger partial charge in [-0.2, -0.15) is 0 Å². The average molecular weight is 187 g/mol. The Morgan fingerprint density at radius 1 is 1.07 bits per heavy atom. The van der Waals surface area contributed by atoms with Crippen LogP contribution in [0.1, 0.15) is 32.1 Å². The van der Waals surface area contributed by atoms with Crippen molar-refractivity contribution < 1.29 is 0 Å². The molecule has 72 valence electrons. The van der Waals surface area contributed by atoms with Gasteiger partial charge in [-0.1, -0.05) is 6.42 Å². The van der Waals surface area contributed by atoms with Crippen molar-refractivity contribution in [2.75, 3.05) is 0 Å². The molecule has 1 spiro atoms. The van der Waals surface area contributed by atoms with Crippen molar-refractivity contribution in [2.24, 2.45) is 9.98 Å². The standard InChI is InChI=1S/C11H13N3/c1-2-6-11(7-3-1)13-9-5-4-8-12-10(9)14-11/h4-5,8H,1-3,6-7H2. The van der Waals surface area contributed by atoms with E-state index in [1.165, 1.54) is 19.3 Å². The molecule has 14 heavy (non-hydrogen) atoms. The summed E-state index contributed by atoms with van der Waals surface area (Å²) in [5, 5.41) is 0.981. The van der Waals surface area contributed by atoms with E-state index in [0.29, 0.717) is 0 Å². The van der Waals surface area contributed by atoms with Gasteiger partial charge in [-0.3, -0.25) is 4.99 Å². The SMILES string of the molecule is c1cnc2c(c1)=NC1(CCCCC1)N=2. The van der Waals surface area contributed by atoms with Gasteiger partial charge in [0.25, 0.3) is 0 Å². The highest BCUT2D eigenvalue weighted by Crippen LogP contribution is 2.32. The third-order valence-electron chi connectivity index (χ3n) is 3.06. The van der Waals surface area contributed by atoms with E-state index in [1.54, 1.807) is 6.20 Å². The molecule has 1 aliphatic heterocycles. The van der Waals surface area contributed by atoms with Crippen LogP contribution < -0.4 is 10.8 Å². The number of pyridine rings is 1. The van der Waals surface area contributed by atoms with Gasteiger partial charge in [0.15, 0.2) is 11.2 Å². The van der Waals surface area contributed by atoms with Crippen molar-refractivity contribution in [3.05, 3.63) is 29.2 Å². The van der Waals surface area contributed by atoms with Crippen molar-refractivity contribution >= 4 is 0 Å². The van der Waals surface area contributed by atoms with E-state index in [-0.39, 0.29) is 5.66 Å². The van der Waals surface area contributed by atoms with Crippen LogP contribution in [0.5, 0.6) is 0 Å². The van der Waals surface area contributed by atoms with Gasteiger partial charge in [-0.15, -0.1) is 0 Å². The Labute approximate surface area is 82.6 Å². The zero-order chi connectivity index (χ0) is 9.43. The molecule has 1 aromatic heterocycles. The number of nitrogens with zero attached hydrogens (tertiary/aromatic N) is 3. The molecule has 0 radical (unpaired) electrons. The average Bonchev–Trinajstić information content (AvgIpc) is 2.56. The van der Waals surface area contributed by atoms with Crippen LogP contribution in [0.25, 0.3) is 0 Å². The lowest BCUT2D eigenvalue weighted by molar-refractivity contribution is 0.308. The van der Waals surface area contributed by atoms with Gasteiger partial charge in [0, 0.05) is 6.20 Å². The summed E-state index contributed by atoms with van der Waals surface area (Å²) in [6.45, 7) is 0. The maximum Gasteiger partial charge on any atom is 0.175 e. The minimum absolute atomic E-state index is 0.130. The number of hydrogen-bond acceptors (Lipinski definition) is 3. The zero-order valence-electron chi connectivity index (χ0n) is 8.11. The fraction of sp³-hybridized carbons (Fsp3) is 0.545. The van der Waals surface area contributed by atoms with Crippen LogP contribution in [0.15, 0.2) is 28.3 Å². The normalized spacial score (nSPS) is 22.6. The molecule has 1 fully saturated rings. The monoisotopic (exact) mass is 187 g/mol. The molecule has 0 amide bonds. The van der Waals surface area contributed by atoms with E-state index in [4.69, 9.17) is 4.99 Å². The number of fused-ring (bicyclic) bond motifs is 1. The van der Waals surface area contributed by atoms with Gasteiger partial charge in [0.1, 0.15) is 5.36 Å². The second kappa shape index (κ2) is 2.87. The van der Waals surface area contributed by atoms with Crippen LogP contribution >= 0.6 is 0 Å². The summed E-state index contributed by atoms with van der Waals surface area (Å²) in [7, 11) is 0. The third-order valence-corrected chi connectivity index (χ3v) is 3.06. The van der Waals surface area contributed by atoms with E-state index >= 15 is 0 Å². The molecule has 2 aliphatic rings. The zero-order valence-corrected chi connectivity index (χ0v) is 8.11. The first kappa shape index (κ1) is 8.09. The van der Waals surface area contributed by atoms with Crippen LogP contribution in [-0.4, -0.2) is 10.6 Å². The largest absolute Gasteiger partial charge is 0.252 e. The molecular formula is C11H13N3. The van der Waals surface area contributed by atoms with Gasteiger partial charge in [-0.05, 0) is 37.8 Å². The van der Waals surface area contributed by atoms with Crippen LogP contribution in [-0.2, 0) is 0 Å². The van der Waals surface area contributed by atoms with Crippen molar-refractivity contribution in [3.63, 3.8) is 0 Å². The molecule has 3 heteroatoms. The lowest BCUT2D eigenvalue weighted by atomic mass is 9.90. The van der Waals surface area contributed by atoms with Crippen molar-refractivity contribution in [3.8, 4) is 0 Å². The molecule has 0 N–H and O–H groups in total. The molecule has 0 aromatic carbocycles. The number of aromatic nitrogens is 1. The summed E-state index contributed by atoms with van der Waals surface area (Å²) < 4.78 is 0. The number of rotatable bonds is 0. The lowest BCUT2D eigenvalue weighted by Crippen LogP contribution is -2.26. The Bertz CT molecular complexity index is 421. The van der Waals surface area contributed by atoms with Crippen LogP contribution in [0, 0.1) is 0 Å². The molecule has 1 aliphatic carbocycles. The summed E-state index contributed by atoms with van der Waals surface area (Å²) in [6.07, 6.45) is 7.82. The minimum Gasteiger partial charge on any atom is -0.252 e. The first-order valence-electron chi connectivity index (χ1n) is 5.29. The highest BCUT2D eigenvalue weighted by atomic mass is 15.1. The minimum atomic E-state index is -0.130. The van der Waals surface area contributed by atoms with Crippen molar-refractivity contribution in [1.82, 2.24) is 4.98 Å². The Balaban J connectivity index is 2.12. The van der Waals surface area contributed by atoms with Gasteiger partial charge in [-0.25, -0.2) is 9.98 Å². The summed E-state index contributed by atoms with van der Waals surface area (Å²) >= 11 is 0. The quantitative estimate of drug-likeness (QED) is 0.597. The topological polar surface area (TPSA) is 37.6 Å². The Kier molecular flexibility index (Phi) is 1.66. The van der Waals surface area contributed by atoms with Crippen molar-refractivity contribution in [1.29, 1.82) is 0 Å². The Hall–Kier alpha value is -1.25. The van der Waals surface area contributed by atoms with Crippen molar-refractivity contribution in [2.45, 2.75) is 37.8 Å². The van der Waals surface area contributed by atoms with E-state index in [0.717, 1.165) is 23.7 Å². The maximum absolute atomic E-state index is 4.71. The predicted molar refractivity (Wildman–Crippen MR) is 52.4 cm³/mol. The summed E-state index contributed by atoms with van der Waals surface area (Å²) in [5.41, 5.74) is 0.712. The van der Waals surface area contributed by atoms with Gasteiger partial charge >= 0.3 is 0 Å². The smallest absolute Gasteiger partial charge is 0.175 e. The summed E-state index contributed by atoms with van der Waals surface area (Å²) in [4.78, 5) is 13.6. The van der Waals surface area contributed by atoms with E-state index in [2.05, 4.69) is 9.98 Å². The Morgan fingerprint density at radius 2 is 1.93 bits per heavy atom. The number of hydrogen-bond donors (Lipinski definition) is 0. The molecule has 0 atom stereocenters. The van der Waals surface area contributed by atoms with Gasteiger partial charge in [0.05, 0.1) is 0 Å². The summed E-state index contributed by atoms with van der Waals surface area (Å²) in [5.74, 6) is 0. The molecular weight excluding hydrogens is 174 g/mol. The molecule has 0 bridgehead atoms. The maximum atomic E-state index is 4.71. The molecule has 0 unspecified atom stereocenters. The molecule has 3 rings (SSSR count). The second-order valence-corrected chi connectivity index (χ2v) is 4.11. The van der Waals surface area contributed by atoms with E-state index in [1.807, 2.05) is 12.1 Å². The fourth-order valence-electron chi connectivity index (χ4n) is 2.35. The highest BCUT2D eigenvalue weighted by molar-refractivity contribution is 5.02. The third kappa shape index (κ3) is 1.15. The van der Waals surface area contributed by atoms with Gasteiger partial charge < -0.3 is 0 Å².